The minimum Gasteiger partial charge on any atom is -0.456 e. The Labute approximate surface area is 129 Å². The number of nitrogens with zero attached hydrogens (tertiary/aromatic N) is 1. The highest BCUT2D eigenvalue weighted by Crippen LogP contribution is 2.41. The number of furan rings is 1. The zero-order valence-electron chi connectivity index (χ0n) is 13.2. The number of fused-ring (bicyclic) bond motifs is 3. The van der Waals surface area contributed by atoms with Gasteiger partial charge in [-0.05, 0) is 52.0 Å². The van der Waals surface area contributed by atoms with E-state index in [9.17, 15) is 0 Å². The minimum atomic E-state index is -0.402. The molecule has 1 aromatic heterocycles. The second kappa shape index (κ2) is 4.24. The summed E-state index contributed by atoms with van der Waals surface area (Å²) in [5.74, 6) is 0. The average molecular weight is 297 g/mol. The summed E-state index contributed by atoms with van der Waals surface area (Å²) in [4.78, 5) is 11.9. The van der Waals surface area contributed by atoms with E-state index in [0.29, 0.717) is 0 Å². The molecule has 1 aliphatic rings. The van der Waals surface area contributed by atoms with Crippen molar-refractivity contribution in [2.24, 2.45) is 0 Å². The second-order valence-electron chi connectivity index (χ2n) is 6.74. The highest BCUT2D eigenvalue weighted by Gasteiger charge is 2.50. The maximum atomic E-state index is 5.97. The normalized spacial score (nSPS) is 20.1. The minimum absolute atomic E-state index is 0.402. The molecular weight excluding hydrogens is 278 g/mol. The SMILES string of the molecule is CC1(C)ON(c2ccc3oc4ccccc4c3c2)OC1(C)C. The van der Waals surface area contributed by atoms with Gasteiger partial charge >= 0.3 is 0 Å². The topological polar surface area (TPSA) is 34.8 Å². The molecule has 0 bridgehead atoms. The molecule has 0 radical (unpaired) electrons. The monoisotopic (exact) mass is 297 g/mol. The molecule has 0 N–H and O–H groups in total. The number of benzene rings is 2. The van der Waals surface area contributed by atoms with E-state index < -0.39 is 11.2 Å². The third-order valence-electron chi connectivity index (χ3n) is 4.64. The lowest BCUT2D eigenvalue weighted by Crippen LogP contribution is -2.41. The Morgan fingerprint density at radius 1 is 0.773 bits per heavy atom. The van der Waals surface area contributed by atoms with E-state index >= 15 is 0 Å². The summed E-state index contributed by atoms with van der Waals surface area (Å²) in [5, 5.41) is 3.67. The van der Waals surface area contributed by atoms with Crippen molar-refractivity contribution in [1.29, 1.82) is 0 Å². The molecule has 1 aliphatic heterocycles. The van der Waals surface area contributed by atoms with E-state index in [4.69, 9.17) is 14.1 Å². The van der Waals surface area contributed by atoms with Gasteiger partial charge in [-0.15, -0.1) is 5.23 Å². The van der Waals surface area contributed by atoms with Crippen LogP contribution >= 0.6 is 0 Å². The van der Waals surface area contributed by atoms with Gasteiger partial charge < -0.3 is 4.42 Å². The average Bonchev–Trinajstić information content (AvgIpc) is 2.93. The fraction of sp³-hybridized carbons (Fsp3) is 0.333. The molecule has 3 aromatic rings. The van der Waals surface area contributed by atoms with Crippen LogP contribution in [0.2, 0.25) is 0 Å². The molecule has 2 aromatic carbocycles. The number of hydrogen-bond donors (Lipinski definition) is 0. The third-order valence-corrected chi connectivity index (χ3v) is 4.64. The van der Waals surface area contributed by atoms with Gasteiger partial charge in [-0.1, -0.05) is 18.2 Å². The van der Waals surface area contributed by atoms with E-state index in [1.54, 1.807) is 0 Å². The molecule has 0 atom stereocenters. The van der Waals surface area contributed by atoms with E-state index in [1.165, 1.54) is 5.23 Å². The van der Waals surface area contributed by atoms with Crippen LogP contribution in [0.3, 0.4) is 0 Å². The summed E-state index contributed by atoms with van der Waals surface area (Å²) < 4.78 is 5.85. The van der Waals surface area contributed by atoms with E-state index in [-0.39, 0.29) is 0 Å². The van der Waals surface area contributed by atoms with Crippen molar-refractivity contribution in [3.63, 3.8) is 0 Å². The van der Waals surface area contributed by atoms with Crippen LogP contribution in [0.15, 0.2) is 46.9 Å². The Balaban J connectivity index is 1.82. The van der Waals surface area contributed by atoms with E-state index in [0.717, 1.165) is 27.6 Å². The van der Waals surface area contributed by atoms with Gasteiger partial charge in [0.05, 0.1) is 5.69 Å². The van der Waals surface area contributed by atoms with Crippen molar-refractivity contribution in [3.05, 3.63) is 42.5 Å². The molecule has 4 rings (SSSR count). The Bertz CT molecular complexity index is 847. The fourth-order valence-corrected chi connectivity index (χ4v) is 2.59. The highest BCUT2D eigenvalue weighted by molar-refractivity contribution is 6.05. The molecule has 4 nitrogen and oxygen atoms in total. The Kier molecular flexibility index (Phi) is 2.63. The molecule has 0 spiro atoms. The predicted molar refractivity (Wildman–Crippen MR) is 86.5 cm³/mol. The van der Waals surface area contributed by atoms with Crippen LogP contribution in [-0.2, 0) is 9.68 Å². The molecule has 1 fully saturated rings. The summed E-state index contributed by atoms with van der Waals surface area (Å²) in [6.07, 6.45) is 0. The quantitative estimate of drug-likeness (QED) is 0.644. The largest absolute Gasteiger partial charge is 0.456 e. The number of rotatable bonds is 1. The van der Waals surface area contributed by atoms with Crippen molar-refractivity contribution in [3.8, 4) is 0 Å². The van der Waals surface area contributed by atoms with Crippen molar-refractivity contribution in [2.45, 2.75) is 38.9 Å². The van der Waals surface area contributed by atoms with Crippen molar-refractivity contribution < 1.29 is 14.1 Å². The molecule has 2 heterocycles. The van der Waals surface area contributed by atoms with E-state index in [1.807, 2.05) is 64.1 Å². The van der Waals surface area contributed by atoms with Crippen molar-refractivity contribution >= 4 is 27.6 Å². The molecular formula is C18H19NO3. The van der Waals surface area contributed by atoms with Crippen LogP contribution in [0.4, 0.5) is 5.69 Å². The smallest absolute Gasteiger partial charge is 0.135 e. The van der Waals surface area contributed by atoms with Crippen LogP contribution in [0, 0.1) is 0 Å². The van der Waals surface area contributed by atoms with Gasteiger partial charge in [-0.2, -0.15) is 0 Å². The maximum Gasteiger partial charge on any atom is 0.135 e. The van der Waals surface area contributed by atoms with Crippen LogP contribution in [0.25, 0.3) is 21.9 Å². The van der Waals surface area contributed by atoms with Crippen LogP contribution < -0.4 is 5.23 Å². The molecule has 0 saturated carbocycles. The lowest BCUT2D eigenvalue weighted by atomic mass is 9.90. The summed E-state index contributed by atoms with van der Waals surface area (Å²) in [6, 6.07) is 14.0. The van der Waals surface area contributed by atoms with Crippen LogP contribution in [0.5, 0.6) is 0 Å². The zero-order chi connectivity index (χ0) is 15.5. The maximum absolute atomic E-state index is 5.97. The molecule has 1 saturated heterocycles. The van der Waals surface area contributed by atoms with Gasteiger partial charge in [-0.25, -0.2) is 9.68 Å². The number of hydrogen-bond acceptors (Lipinski definition) is 4. The van der Waals surface area contributed by atoms with Crippen LogP contribution in [0.1, 0.15) is 27.7 Å². The highest BCUT2D eigenvalue weighted by atomic mass is 17.0. The molecule has 114 valence electrons. The third kappa shape index (κ3) is 1.84. The van der Waals surface area contributed by atoms with Crippen LogP contribution in [-0.4, -0.2) is 11.2 Å². The Hall–Kier alpha value is -2.04. The molecule has 0 aliphatic carbocycles. The summed E-state index contributed by atoms with van der Waals surface area (Å²) in [5.41, 5.74) is 1.81. The lowest BCUT2D eigenvalue weighted by molar-refractivity contribution is -0.0272. The van der Waals surface area contributed by atoms with Gasteiger partial charge in [0.2, 0.25) is 0 Å². The Morgan fingerprint density at radius 2 is 1.41 bits per heavy atom. The zero-order valence-corrected chi connectivity index (χ0v) is 13.2. The van der Waals surface area contributed by atoms with Crippen molar-refractivity contribution in [1.82, 2.24) is 0 Å². The first-order valence-electron chi connectivity index (χ1n) is 7.47. The summed E-state index contributed by atoms with van der Waals surface area (Å²) in [6.45, 7) is 8.11. The standard InChI is InChI=1S/C18H19NO3/c1-17(2)18(3,4)22-19(21-17)12-9-10-16-14(11-12)13-7-5-6-8-15(13)20-16/h5-11H,1-4H3. The van der Waals surface area contributed by atoms with Gasteiger partial charge in [0.1, 0.15) is 22.4 Å². The van der Waals surface area contributed by atoms with Gasteiger partial charge in [0, 0.05) is 10.8 Å². The molecule has 0 amide bonds. The lowest BCUT2D eigenvalue weighted by Gasteiger charge is -2.26. The first-order valence-corrected chi connectivity index (χ1v) is 7.47. The summed E-state index contributed by atoms with van der Waals surface area (Å²) in [7, 11) is 0. The predicted octanol–water partition coefficient (Wildman–Crippen LogP) is 4.83. The Morgan fingerprint density at radius 3 is 2.14 bits per heavy atom. The van der Waals surface area contributed by atoms with Gasteiger partial charge in [0.25, 0.3) is 0 Å². The molecule has 22 heavy (non-hydrogen) atoms. The molecule has 0 unspecified atom stereocenters. The second-order valence-corrected chi connectivity index (χ2v) is 6.74. The number of anilines is 1. The summed E-state index contributed by atoms with van der Waals surface area (Å²) >= 11 is 0. The van der Waals surface area contributed by atoms with Gasteiger partial charge in [0.15, 0.2) is 0 Å². The van der Waals surface area contributed by atoms with Crippen molar-refractivity contribution in [2.75, 3.05) is 5.23 Å². The van der Waals surface area contributed by atoms with Gasteiger partial charge in [-0.3, -0.25) is 0 Å². The number of para-hydroxylation sites is 1. The first kappa shape index (κ1) is 13.6. The molecule has 4 heteroatoms. The van der Waals surface area contributed by atoms with E-state index in [2.05, 4.69) is 6.07 Å². The fourth-order valence-electron chi connectivity index (χ4n) is 2.59. The first-order chi connectivity index (χ1) is 10.4.